The Morgan fingerprint density at radius 1 is 1.05 bits per heavy atom. The van der Waals surface area contributed by atoms with Crippen molar-refractivity contribution >= 4 is 0 Å². The third-order valence-electron chi connectivity index (χ3n) is 4.57. The van der Waals surface area contributed by atoms with Crippen LogP contribution in [0.4, 0.5) is 8.78 Å². The van der Waals surface area contributed by atoms with Crippen molar-refractivity contribution in [2.45, 2.75) is 31.9 Å². The minimum atomic E-state index is -2.27. The summed E-state index contributed by atoms with van der Waals surface area (Å²) in [4.78, 5) is 6.31. The predicted octanol–water partition coefficient (Wildman–Crippen LogP) is 0.341. The third-order valence-corrected chi connectivity index (χ3v) is 4.57. The highest BCUT2D eigenvalue weighted by Gasteiger charge is 2.28. The van der Waals surface area contributed by atoms with E-state index in [1.807, 2.05) is 11.8 Å². The summed E-state index contributed by atoms with van der Waals surface area (Å²) in [7, 11) is 0. The molecular formula is C15H29F2N3O2. The number of nitrogens with zero attached hydrogens (tertiary/aromatic N) is 3. The summed E-state index contributed by atoms with van der Waals surface area (Å²) in [5.74, 6) is 0. The molecule has 2 atom stereocenters. The Hall–Kier alpha value is -0.340. The van der Waals surface area contributed by atoms with E-state index in [2.05, 4.69) is 9.80 Å². The number of hydrogen-bond donors (Lipinski definition) is 1. The number of alkyl halides is 2. The fourth-order valence-electron chi connectivity index (χ4n) is 3.37. The molecule has 2 rings (SSSR count). The molecule has 0 aromatic rings. The van der Waals surface area contributed by atoms with Crippen molar-refractivity contribution in [1.82, 2.24) is 14.7 Å². The Bertz CT molecular complexity index is 317. The summed E-state index contributed by atoms with van der Waals surface area (Å²) < 4.78 is 30.5. The third kappa shape index (κ3) is 5.70. The van der Waals surface area contributed by atoms with Crippen LogP contribution in [0, 0.1) is 0 Å². The zero-order valence-electron chi connectivity index (χ0n) is 13.5. The summed E-state index contributed by atoms with van der Waals surface area (Å²) in [6, 6.07) is 0.165. The van der Waals surface area contributed by atoms with Crippen LogP contribution in [0.15, 0.2) is 0 Å². The van der Waals surface area contributed by atoms with Crippen molar-refractivity contribution in [3.63, 3.8) is 0 Å². The molecule has 130 valence electrons. The molecule has 0 spiro atoms. The maximum absolute atomic E-state index is 12.6. The van der Waals surface area contributed by atoms with Gasteiger partial charge in [-0.15, -0.1) is 0 Å². The lowest BCUT2D eigenvalue weighted by Gasteiger charge is -2.42. The maximum Gasteiger partial charge on any atom is 0.251 e. The fraction of sp³-hybridized carbons (Fsp3) is 1.00. The van der Waals surface area contributed by atoms with Crippen LogP contribution in [0.3, 0.4) is 0 Å². The number of hydrogen-bond acceptors (Lipinski definition) is 5. The van der Waals surface area contributed by atoms with Crippen molar-refractivity contribution in [3.05, 3.63) is 0 Å². The first-order valence-electron chi connectivity index (χ1n) is 8.31. The van der Waals surface area contributed by atoms with Gasteiger partial charge >= 0.3 is 0 Å². The summed E-state index contributed by atoms with van der Waals surface area (Å²) in [6.07, 6.45) is -1.80. The molecule has 2 aliphatic rings. The zero-order valence-corrected chi connectivity index (χ0v) is 13.5. The van der Waals surface area contributed by atoms with Crippen LogP contribution in [0.1, 0.15) is 13.3 Å². The van der Waals surface area contributed by atoms with E-state index in [1.54, 1.807) is 0 Å². The van der Waals surface area contributed by atoms with Gasteiger partial charge in [-0.25, -0.2) is 8.78 Å². The monoisotopic (exact) mass is 321 g/mol. The normalized spacial score (nSPS) is 27.4. The number of rotatable bonds is 7. The summed E-state index contributed by atoms with van der Waals surface area (Å²) in [5.41, 5.74) is 0. The van der Waals surface area contributed by atoms with Crippen LogP contribution in [0.25, 0.3) is 0 Å². The minimum Gasteiger partial charge on any atom is -0.390 e. The van der Waals surface area contributed by atoms with E-state index in [-0.39, 0.29) is 12.6 Å². The SMILES string of the molecule is CCC1CN(CC(O)CN2CCOCC2)CCN1CC(F)F. The first-order valence-corrected chi connectivity index (χ1v) is 8.31. The van der Waals surface area contributed by atoms with Gasteiger partial charge in [0.1, 0.15) is 0 Å². The van der Waals surface area contributed by atoms with Gasteiger partial charge in [-0.05, 0) is 6.42 Å². The van der Waals surface area contributed by atoms with Crippen LogP contribution in [-0.2, 0) is 4.74 Å². The molecule has 2 unspecified atom stereocenters. The maximum atomic E-state index is 12.6. The van der Waals surface area contributed by atoms with Gasteiger partial charge in [0.05, 0.1) is 25.9 Å². The molecule has 0 aromatic heterocycles. The number of piperazine rings is 1. The molecule has 0 bridgehead atoms. The molecule has 5 nitrogen and oxygen atoms in total. The minimum absolute atomic E-state index is 0.136. The van der Waals surface area contributed by atoms with Crippen LogP contribution < -0.4 is 0 Å². The lowest BCUT2D eigenvalue weighted by Crippen LogP contribution is -2.56. The second-order valence-corrected chi connectivity index (χ2v) is 6.27. The van der Waals surface area contributed by atoms with Crippen molar-refractivity contribution in [3.8, 4) is 0 Å². The van der Waals surface area contributed by atoms with Gasteiger partial charge in [-0.3, -0.25) is 14.7 Å². The summed E-state index contributed by atoms with van der Waals surface area (Å²) in [5, 5.41) is 10.3. The molecule has 0 aromatic carbocycles. The van der Waals surface area contributed by atoms with Gasteiger partial charge in [0, 0.05) is 51.9 Å². The van der Waals surface area contributed by atoms with E-state index >= 15 is 0 Å². The number of halogens is 2. The fourth-order valence-corrected chi connectivity index (χ4v) is 3.37. The number of β-amino-alcohol motifs (C(OH)–C–C–N with tert-alkyl or cyclic N) is 1. The van der Waals surface area contributed by atoms with Crippen LogP contribution in [-0.4, -0.2) is 104 Å². The van der Waals surface area contributed by atoms with Crippen molar-refractivity contribution in [2.75, 3.05) is 65.6 Å². The Morgan fingerprint density at radius 2 is 1.73 bits per heavy atom. The average Bonchev–Trinajstić information content (AvgIpc) is 2.49. The molecule has 7 heteroatoms. The highest BCUT2D eigenvalue weighted by molar-refractivity contribution is 4.83. The Morgan fingerprint density at radius 3 is 2.36 bits per heavy atom. The highest BCUT2D eigenvalue weighted by Crippen LogP contribution is 2.15. The van der Waals surface area contributed by atoms with Gasteiger partial charge < -0.3 is 9.84 Å². The van der Waals surface area contributed by atoms with Gasteiger partial charge in [0.2, 0.25) is 0 Å². The van der Waals surface area contributed by atoms with E-state index < -0.39 is 12.5 Å². The molecule has 22 heavy (non-hydrogen) atoms. The van der Waals surface area contributed by atoms with Gasteiger partial charge in [0.15, 0.2) is 0 Å². The topological polar surface area (TPSA) is 39.2 Å². The van der Waals surface area contributed by atoms with Crippen LogP contribution >= 0.6 is 0 Å². The Labute approximate surface area is 131 Å². The molecule has 2 fully saturated rings. The zero-order chi connectivity index (χ0) is 15.9. The molecule has 2 heterocycles. The first kappa shape index (κ1) is 18.0. The standard InChI is InChI=1S/C15H29F2N3O2/c1-2-13-9-19(3-4-20(13)12-15(16)17)11-14(21)10-18-5-7-22-8-6-18/h13-15,21H,2-12H2,1H3. The molecule has 1 N–H and O–H groups in total. The lowest BCUT2D eigenvalue weighted by molar-refractivity contribution is -0.0133. The van der Waals surface area contributed by atoms with Gasteiger partial charge in [-0.2, -0.15) is 0 Å². The van der Waals surface area contributed by atoms with E-state index in [0.717, 1.165) is 45.8 Å². The van der Waals surface area contributed by atoms with Crippen molar-refractivity contribution < 1.29 is 18.6 Å². The number of aliphatic hydroxyl groups is 1. The molecule has 0 saturated carbocycles. The van der Waals surface area contributed by atoms with E-state index in [0.29, 0.717) is 19.6 Å². The van der Waals surface area contributed by atoms with Crippen molar-refractivity contribution in [2.24, 2.45) is 0 Å². The van der Waals surface area contributed by atoms with Crippen LogP contribution in [0.5, 0.6) is 0 Å². The van der Waals surface area contributed by atoms with Gasteiger partial charge in [-0.1, -0.05) is 6.92 Å². The molecule has 0 radical (unpaired) electrons. The molecule has 2 saturated heterocycles. The van der Waals surface area contributed by atoms with Gasteiger partial charge in [0.25, 0.3) is 6.43 Å². The summed E-state index contributed by atoms with van der Waals surface area (Å²) in [6.45, 7) is 8.58. The molecule has 0 aliphatic carbocycles. The second kappa shape index (κ2) is 9.08. The number of ether oxygens (including phenoxy) is 1. The Kier molecular flexibility index (Phi) is 7.43. The predicted molar refractivity (Wildman–Crippen MR) is 81.4 cm³/mol. The van der Waals surface area contributed by atoms with E-state index in [1.165, 1.54) is 0 Å². The highest BCUT2D eigenvalue weighted by atomic mass is 19.3. The number of aliphatic hydroxyl groups excluding tert-OH is 1. The van der Waals surface area contributed by atoms with E-state index in [9.17, 15) is 13.9 Å². The largest absolute Gasteiger partial charge is 0.390 e. The lowest BCUT2D eigenvalue weighted by atomic mass is 10.1. The quantitative estimate of drug-likeness (QED) is 0.732. The molecular weight excluding hydrogens is 292 g/mol. The first-order chi connectivity index (χ1) is 10.6. The molecule has 0 amide bonds. The van der Waals surface area contributed by atoms with E-state index in [4.69, 9.17) is 4.74 Å². The van der Waals surface area contributed by atoms with Crippen LogP contribution in [0.2, 0.25) is 0 Å². The average molecular weight is 321 g/mol. The summed E-state index contributed by atoms with van der Waals surface area (Å²) >= 11 is 0. The second-order valence-electron chi connectivity index (χ2n) is 6.27. The smallest absolute Gasteiger partial charge is 0.251 e. The Balaban J connectivity index is 1.73. The number of morpholine rings is 1. The van der Waals surface area contributed by atoms with Crippen molar-refractivity contribution in [1.29, 1.82) is 0 Å². The molecule has 2 aliphatic heterocycles.